The Kier molecular flexibility index (Phi) is 5.91. The molecule has 2 heterocycles. The number of anilines is 1. The lowest BCUT2D eigenvalue weighted by molar-refractivity contribution is -0.136. The molecule has 0 fully saturated rings. The summed E-state index contributed by atoms with van der Waals surface area (Å²) in [5.41, 5.74) is 4.91. The van der Waals surface area contributed by atoms with Crippen LogP contribution in [0.2, 0.25) is 0 Å². The van der Waals surface area contributed by atoms with Gasteiger partial charge in [-0.25, -0.2) is 0 Å². The second-order valence-corrected chi connectivity index (χ2v) is 8.46. The molecule has 4 rings (SSSR count). The number of benzene rings is 2. The van der Waals surface area contributed by atoms with Crippen LogP contribution in [0.15, 0.2) is 65.7 Å². The molecule has 0 aliphatic carbocycles. The van der Waals surface area contributed by atoms with E-state index in [4.69, 9.17) is 4.74 Å². The number of nitrogens with zero attached hydrogens (tertiary/aromatic N) is 1. The van der Waals surface area contributed by atoms with Crippen molar-refractivity contribution in [1.82, 2.24) is 4.90 Å². The number of methoxy groups -OCH3 is 1. The number of rotatable bonds is 7. The number of carbonyl (C=O) groups is 2. The predicted octanol–water partition coefficient (Wildman–Crippen LogP) is 4.81. The summed E-state index contributed by atoms with van der Waals surface area (Å²) in [7, 11) is 1.62. The van der Waals surface area contributed by atoms with E-state index < -0.39 is 0 Å². The van der Waals surface area contributed by atoms with Gasteiger partial charge in [-0.1, -0.05) is 24.3 Å². The highest BCUT2D eigenvalue weighted by Crippen LogP contribution is 2.33. The Hall–Kier alpha value is -3.38. The smallest absolute Gasteiger partial charge is 0.278 e. The highest BCUT2D eigenvalue weighted by Gasteiger charge is 2.39. The van der Waals surface area contributed by atoms with E-state index in [-0.39, 0.29) is 11.8 Å². The second-order valence-electron chi connectivity index (χ2n) is 7.51. The summed E-state index contributed by atoms with van der Waals surface area (Å²) >= 11 is 1.45. The minimum atomic E-state index is -0.292. The van der Waals surface area contributed by atoms with E-state index in [0.29, 0.717) is 24.2 Å². The molecular formula is C25H24N2O3S. The molecule has 0 radical (unpaired) electrons. The van der Waals surface area contributed by atoms with Crippen LogP contribution in [0.4, 0.5) is 5.69 Å². The Bertz CT molecular complexity index is 1150. The first-order chi connectivity index (χ1) is 15.0. The SMILES string of the molecule is COc1ccc(CCN2C(=O)C(Nc3ccc(C)c(C)c3)=C(c3cccs3)C2=O)cc1. The van der Waals surface area contributed by atoms with Crippen molar-refractivity contribution in [2.75, 3.05) is 19.0 Å². The van der Waals surface area contributed by atoms with Crippen molar-refractivity contribution in [1.29, 1.82) is 0 Å². The van der Waals surface area contributed by atoms with Crippen LogP contribution in [0.25, 0.3) is 5.57 Å². The summed E-state index contributed by atoms with van der Waals surface area (Å²) in [6, 6.07) is 17.4. The number of aryl methyl sites for hydroxylation is 2. The number of thiophene rings is 1. The molecule has 1 aliphatic heterocycles. The average molecular weight is 433 g/mol. The lowest BCUT2D eigenvalue weighted by atomic mass is 10.1. The molecule has 0 bridgehead atoms. The fourth-order valence-corrected chi connectivity index (χ4v) is 4.31. The van der Waals surface area contributed by atoms with Gasteiger partial charge < -0.3 is 10.1 Å². The number of amides is 2. The van der Waals surface area contributed by atoms with Crippen molar-refractivity contribution in [3.05, 3.63) is 87.2 Å². The molecule has 0 unspecified atom stereocenters. The normalized spacial score (nSPS) is 13.8. The number of carbonyl (C=O) groups excluding carboxylic acids is 2. The van der Waals surface area contributed by atoms with Gasteiger partial charge in [-0.05, 0) is 72.7 Å². The summed E-state index contributed by atoms with van der Waals surface area (Å²) in [5.74, 6) is 0.228. The number of hydrogen-bond acceptors (Lipinski definition) is 5. The molecule has 2 amide bonds. The van der Waals surface area contributed by atoms with E-state index in [2.05, 4.69) is 5.32 Å². The molecule has 0 spiro atoms. The van der Waals surface area contributed by atoms with Gasteiger partial charge in [0.25, 0.3) is 11.8 Å². The minimum Gasteiger partial charge on any atom is -0.497 e. The van der Waals surface area contributed by atoms with Gasteiger partial charge in [-0.15, -0.1) is 11.3 Å². The van der Waals surface area contributed by atoms with Crippen LogP contribution >= 0.6 is 11.3 Å². The molecule has 158 valence electrons. The first-order valence-electron chi connectivity index (χ1n) is 10.1. The topological polar surface area (TPSA) is 58.6 Å². The van der Waals surface area contributed by atoms with E-state index in [1.165, 1.54) is 21.8 Å². The van der Waals surface area contributed by atoms with Gasteiger partial charge in [-0.3, -0.25) is 14.5 Å². The highest BCUT2D eigenvalue weighted by atomic mass is 32.1. The van der Waals surface area contributed by atoms with Gasteiger partial charge in [0.2, 0.25) is 0 Å². The second kappa shape index (κ2) is 8.78. The maximum absolute atomic E-state index is 13.3. The van der Waals surface area contributed by atoms with Crippen LogP contribution in [0.3, 0.4) is 0 Å². The number of ether oxygens (including phenoxy) is 1. The number of hydrogen-bond donors (Lipinski definition) is 1. The molecule has 2 aromatic carbocycles. The maximum atomic E-state index is 13.3. The molecule has 3 aromatic rings. The molecule has 0 saturated carbocycles. The fourth-order valence-electron chi connectivity index (χ4n) is 3.54. The van der Waals surface area contributed by atoms with Gasteiger partial charge in [0.15, 0.2) is 0 Å². The Balaban J connectivity index is 1.60. The Morgan fingerprint density at radius 2 is 1.74 bits per heavy atom. The highest BCUT2D eigenvalue weighted by molar-refractivity contribution is 7.11. The number of imide groups is 1. The minimum absolute atomic E-state index is 0.257. The van der Waals surface area contributed by atoms with Crippen LogP contribution in [-0.4, -0.2) is 30.4 Å². The van der Waals surface area contributed by atoms with Crippen LogP contribution in [0, 0.1) is 13.8 Å². The molecule has 0 atom stereocenters. The summed E-state index contributed by atoms with van der Waals surface area (Å²) < 4.78 is 5.19. The van der Waals surface area contributed by atoms with Gasteiger partial charge >= 0.3 is 0 Å². The van der Waals surface area contributed by atoms with Crippen LogP contribution in [0.5, 0.6) is 5.75 Å². The third-order valence-electron chi connectivity index (χ3n) is 5.49. The summed E-state index contributed by atoms with van der Waals surface area (Å²) in [6.07, 6.45) is 0.579. The van der Waals surface area contributed by atoms with E-state index in [1.807, 2.05) is 73.8 Å². The standard InChI is InChI=1S/C25H24N2O3S/c1-16-6-9-19(15-17(16)2)26-23-22(21-5-4-14-31-21)24(28)27(25(23)29)13-12-18-7-10-20(30-3)11-8-18/h4-11,14-15,26H,12-13H2,1-3H3. The van der Waals surface area contributed by atoms with Crippen molar-refractivity contribution >= 4 is 34.4 Å². The lowest BCUT2D eigenvalue weighted by Gasteiger charge is -2.15. The molecule has 1 aliphatic rings. The zero-order valence-corrected chi connectivity index (χ0v) is 18.6. The Morgan fingerprint density at radius 1 is 0.968 bits per heavy atom. The van der Waals surface area contributed by atoms with E-state index >= 15 is 0 Å². The molecule has 31 heavy (non-hydrogen) atoms. The van der Waals surface area contributed by atoms with E-state index in [0.717, 1.165) is 27.4 Å². The first kappa shape index (κ1) is 20.9. The average Bonchev–Trinajstić information content (AvgIpc) is 3.37. The molecule has 1 aromatic heterocycles. The predicted molar refractivity (Wildman–Crippen MR) is 124 cm³/mol. The Morgan fingerprint density at radius 3 is 2.39 bits per heavy atom. The van der Waals surface area contributed by atoms with Crippen molar-refractivity contribution in [3.63, 3.8) is 0 Å². The van der Waals surface area contributed by atoms with Crippen molar-refractivity contribution < 1.29 is 14.3 Å². The molecular weight excluding hydrogens is 408 g/mol. The van der Waals surface area contributed by atoms with Crippen molar-refractivity contribution in [2.24, 2.45) is 0 Å². The molecule has 5 nitrogen and oxygen atoms in total. The summed E-state index contributed by atoms with van der Waals surface area (Å²) in [4.78, 5) is 28.6. The van der Waals surface area contributed by atoms with Crippen LogP contribution in [-0.2, 0) is 16.0 Å². The van der Waals surface area contributed by atoms with E-state index in [1.54, 1.807) is 7.11 Å². The van der Waals surface area contributed by atoms with Gasteiger partial charge in [0.1, 0.15) is 11.4 Å². The third-order valence-corrected chi connectivity index (χ3v) is 6.38. The molecule has 6 heteroatoms. The van der Waals surface area contributed by atoms with Crippen molar-refractivity contribution in [3.8, 4) is 5.75 Å². The van der Waals surface area contributed by atoms with Gasteiger partial charge in [0.05, 0.1) is 12.7 Å². The summed E-state index contributed by atoms with van der Waals surface area (Å²) in [5, 5.41) is 5.14. The quantitative estimate of drug-likeness (QED) is 0.545. The zero-order chi connectivity index (χ0) is 22.0. The molecule has 0 saturated heterocycles. The zero-order valence-electron chi connectivity index (χ0n) is 17.8. The van der Waals surface area contributed by atoms with Crippen molar-refractivity contribution in [2.45, 2.75) is 20.3 Å². The number of nitrogens with one attached hydrogen (secondary N) is 1. The fraction of sp³-hybridized carbons (Fsp3) is 0.200. The van der Waals surface area contributed by atoms with Gasteiger partial charge in [-0.2, -0.15) is 0 Å². The maximum Gasteiger partial charge on any atom is 0.278 e. The lowest BCUT2D eigenvalue weighted by Crippen LogP contribution is -2.34. The van der Waals surface area contributed by atoms with Gasteiger partial charge in [0, 0.05) is 17.1 Å². The van der Waals surface area contributed by atoms with E-state index in [9.17, 15) is 9.59 Å². The summed E-state index contributed by atoms with van der Waals surface area (Å²) in [6.45, 7) is 4.38. The largest absolute Gasteiger partial charge is 0.497 e. The monoisotopic (exact) mass is 432 g/mol. The van der Waals surface area contributed by atoms with Crippen LogP contribution < -0.4 is 10.1 Å². The van der Waals surface area contributed by atoms with Crippen LogP contribution in [0.1, 0.15) is 21.6 Å². The molecule has 1 N–H and O–H groups in total. The first-order valence-corrected chi connectivity index (χ1v) is 11.0. The third kappa shape index (κ3) is 4.25. The Labute approximate surface area is 186 Å².